The van der Waals surface area contributed by atoms with Crippen LogP contribution in [0.5, 0.6) is 0 Å². The number of rotatable bonds is 7. The van der Waals surface area contributed by atoms with E-state index in [-0.39, 0.29) is 11.3 Å². The van der Waals surface area contributed by atoms with Gasteiger partial charge >= 0.3 is 0 Å². The van der Waals surface area contributed by atoms with Gasteiger partial charge in [-0.2, -0.15) is 5.26 Å². The fourth-order valence-corrected chi connectivity index (χ4v) is 7.56. The molecule has 1 aliphatic heterocycles. The monoisotopic (exact) mass is 471 g/mol. The van der Waals surface area contributed by atoms with Crippen LogP contribution >= 0.6 is 0 Å². The minimum absolute atomic E-state index is 0.0617. The Morgan fingerprint density at radius 3 is 2.40 bits per heavy atom. The Balaban J connectivity index is 1.02. The van der Waals surface area contributed by atoms with E-state index >= 15 is 0 Å². The molecule has 7 heteroatoms. The van der Waals surface area contributed by atoms with Crippen LogP contribution in [-0.2, 0) is 22.6 Å². The number of benzene rings is 1. The van der Waals surface area contributed by atoms with Crippen LogP contribution in [0.15, 0.2) is 30.5 Å². The summed E-state index contributed by atoms with van der Waals surface area (Å²) >= 11 is 0. The first kappa shape index (κ1) is 22.5. The number of nitriles is 1. The number of hydrogen-bond donors (Lipinski definition) is 1. The summed E-state index contributed by atoms with van der Waals surface area (Å²) in [7, 11) is 0. The number of imidazole rings is 1. The molecule has 35 heavy (non-hydrogen) atoms. The first-order valence-corrected chi connectivity index (χ1v) is 13.0. The molecule has 4 aliphatic carbocycles. The summed E-state index contributed by atoms with van der Waals surface area (Å²) < 4.78 is 0. The number of nitrogens with one attached hydrogen (secondary N) is 1. The number of aromatic amines is 1. The summed E-state index contributed by atoms with van der Waals surface area (Å²) in [6.07, 6.45) is 9.69. The summed E-state index contributed by atoms with van der Waals surface area (Å²) in [5, 5.41) is 8.94. The third-order valence-electron chi connectivity index (χ3n) is 8.89. The maximum absolute atomic E-state index is 13.4. The van der Waals surface area contributed by atoms with Gasteiger partial charge in [0.05, 0.1) is 24.7 Å². The molecule has 1 aromatic heterocycles. The fraction of sp³-hybridized carbons (Fsp3) is 0.571. The molecular weight excluding hydrogens is 438 g/mol. The van der Waals surface area contributed by atoms with Gasteiger partial charge in [-0.15, -0.1) is 0 Å². The predicted octanol–water partition coefficient (Wildman–Crippen LogP) is 3.30. The summed E-state index contributed by atoms with van der Waals surface area (Å²) in [6.45, 7) is 2.67. The normalized spacial score (nSPS) is 30.0. The minimum atomic E-state index is -0.132. The third-order valence-corrected chi connectivity index (χ3v) is 8.89. The van der Waals surface area contributed by atoms with E-state index in [2.05, 4.69) is 20.9 Å². The molecule has 2 aromatic rings. The predicted molar refractivity (Wildman–Crippen MR) is 130 cm³/mol. The standard InChI is InChI=1S/C28H33N5O2/c29-14-20-3-1-19(2-4-20)10-26-30-15-24(31-26)16-32-5-6-33(27(35)18-32)17-25(34)28-11-21-7-22(12-28)9-23(8-21)13-28/h1-4,15,21-23H,5-13,16-18H2,(H,30,31). The SMILES string of the molecule is N#Cc1ccc(Cc2ncc(CN3CCN(CC(=O)C45CC6CC(CC(C6)C4)C5)C(=O)C3)[nH]2)cc1. The number of amides is 1. The number of aromatic nitrogens is 2. The van der Waals surface area contributed by atoms with Gasteiger partial charge < -0.3 is 9.88 Å². The van der Waals surface area contributed by atoms with Crippen molar-refractivity contribution < 1.29 is 9.59 Å². The van der Waals surface area contributed by atoms with Gasteiger partial charge in [0, 0.05) is 43.4 Å². The van der Waals surface area contributed by atoms with Gasteiger partial charge in [-0.3, -0.25) is 14.5 Å². The van der Waals surface area contributed by atoms with E-state index in [0.29, 0.717) is 43.9 Å². The maximum Gasteiger partial charge on any atom is 0.237 e. The van der Waals surface area contributed by atoms with Crippen LogP contribution in [0.25, 0.3) is 0 Å². The Bertz CT molecular complexity index is 1130. The molecule has 182 valence electrons. The lowest BCUT2D eigenvalue weighted by Crippen LogP contribution is -2.56. The number of carbonyl (C=O) groups is 2. The molecule has 7 rings (SSSR count). The number of ketones is 1. The van der Waals surface area contributed by atoms with Gasteiger partial charge in [0.1, 0.15) is 5.82 Å². The second-order valence-corrected chi connectivity index (χ2v) is 11.5. The van der Waals surface area contributed by atoms with Crippen molar-refractivity contribution in [2.45, 2.75) is 51.5 Å². The summed E-state index contributed by atoms with van der Waals surface area (Å²) in [6, 6.07) is 9.67. The number of piperazine rings is 1. The molecule has 5 aliphatic rings. The highest BCUT2D eigenvalue weighted by Crippen LogP contribution is 2.60. The van der Waals surface area contributed by atoms with Crippen LogP contribution in [-0.4, -0.2) is 57.6 Å². The zero-order chi connectivity index (χ0) is 24.0. The summed E-state index contributed by atoms with van der Waals surface area (Å²) in [5.74, 6) is 3.50. The molecule has 1 N–H and O–H groups in total. The van der Waals surface area contributed by atoms with Crippen LogP contribution in [0, 0.1) is 34.5 Å². The average molecular weight is 472 g/mol. The lowest BCUT2D eigenvalue weighted by Gasteiger charge is -2.56. The number of Topliss-reactive ketones (excluding diaryl/α,β-unsaturated/α-hetero) is 1. The van der Waals surface area contributed by atoms with Crippen LogP contribution in [0.3, 0.4) is 0 Å². The van der Waals surface area contributed by atoms with Crippen molar-refractivity contribution in [3.05, 3.63) is 53.1 Å². The fourth-order valence-electron chi connectivity index (χ4n) is 7.56. The largest absolute Gasteiger partial charge is 0.345 e. The van der Waals surface area contributed by atoms with Crippen molar-refractivity contribution >= 4 is 11.7 Å². The first-order valence-electron chi connectivity index (χ1n) is 13.0. The van der Waals surface area contributed by atoms with E-state index < -0.39 is 0 Å². The number of hydrogen-bond acceptors (Lipinski definition) is 5. The summed E-state index contributed by atoms with van der Waals surface area (Å²) in [4.78, 5) is 38.2. The Morgan fingerprint density at radius 1 is 1.09 bits per heavy atom. The maximum atomic E-state index is 13.4. The topological polar surface area (TPSA) is 93.1 Å². The summed E-state index contributed by atoms with van der Waals surface area (Å²) in [5.41, 5.74) is 2.60. The van der Waals surface area contributed by atoms with Gasteiger partial charge in [0.15, 0.2) is 5.78 Å². The minimum Gasteiger partial charge on any atom is -0.345 e. The van der Waals surface area contributed by atoms with Gasteiger partial charge in [0.2, 0.25) is 5.91 Å². The van der Waals surface area contributed by atoms with E-state index in [0.717, 1.165) is 60.6 Å². The van der Waals surface area contributed by atoms with E-state index in [1.807, 2.05) is 30.5 Å². The molecule has 1 saturated heterocycles. The smallest absolute Gasteiger partial charge is 0.237 e. The van der Waals surface area contributed by atoms with Gasteiger partial charge in [-0.05, 0) is 74.0 Å². The Morgan fingerprint density at radius 2 is 1.77 bits per heavy atom. The zero-order valence-electron chi connectivity index (χ0n) is 20.2. The average Bonchev–Trinajstić information content (AvgIpc) is 3.27. The van der Waals surface area contributed by atoms with Crippen LogP contribution in [0.2, 0.25) is 0 Å². The van der Waals surface area contributed by atoms with Crippen molar-refractivity contribution in [3.8, 4) is 6.07 Å². The molecule has 1 amide bonds. The molecule has 5 fully saturated rings. The van der Waals surface area contributed by atoms with Gasteiger partial charge in [0.25, 0.3) is 0 Å². The van der Waals surface area contributed by atoms with Crippen molar-refractivity contribution in [2.75, 3.05) is 26.2 Å². The van der Waals surface area contributed by atoms with Crippen molar-refractivity contribution in [3.63, 3.8) is 0 Å². The molecule has 0 radical (unpaired) electrons. The highest BCUT2D eigenvalue weighted by atomic mass is 16.2. The third kappa shape index (κ3) is 4.52. The van der Waals surface area contributed by atoms with Crippen LogP contribution in [0.1, 0.15) is 61.2 Å². The lowest BCUT2D eigenvalue weighted by molar-refractivity contribution is -0.150. The van der Waals surface area contributed by atoms with E-state index in [1.54, 1.807) is 4.90 Å². The number of carbonyl (C=O) groups excluding carboxylic acids is 2. The van der Waals surface area contributed by atoms with E-state index in [1.165, 1.54) is 19.3 Å². The number of nitrogens with zero attached hydrogens (tertiary/aromatic N) is 4. The molecule has 2 heterocycles. The Labute approximate surface area is 206 Å². The lowest BCUT2D eigenvalue weighted by atomic mass is 9.48. The second-order valence-electron chi connectivity index (χ2n) is 11.5. The van der Waals surface area contributed by atoms with Gasteiger partial charge in [-0.1, -0.05) is 12.1 Å². The van der Waals surface area contributed by atoms with Crippen LogP contribution in [0.4, 0.5) is 0 Å². The van der Waals surface area contributed by atoms with E-state index in [4.69, 9.17) is 5.26 Å². The quantitative estimate of drug-likeness (QED) is 0.669. The Kier molecular flexibility index (Phi) is 5.72. The van der Waals surface area contributed by atoms with Crippen LogP contribution < -0.4 is 0 Å². The zero-order valence-corrected chi connectivity index (χ0v) is 20.2. The van der Waals surface area contributed by atoms with Crippen molar-refractivity contribution in [2.24, 2.45) is 23.2 Å². The van der Waals surface area contributed by atoms with Gasteiger partial charge in [-0.25, -0.2) is 4.98 Å². The molecule has 0 spiro atoms. The van der Waals surface area contributed by atoms with E-state index in [9.17, 15) is 9.59 Å². The highest BCUT2D eigenvalue weighted by Gasteiger charge is 2.54. The highest BCUT2D eigenvalue weighted by molar-refractivity contribution is 5.91. The Hall–Kier alpha value is -2.98. The molecule has 1 aromatic carbocycles. The molecule has 4 saturated carbocycles. The number of H-pyrrole nitrogens is 1. The first-order chi connectivity index (χ1) is 17.0. The molecule has 0 atom stereocenters. The molecule has 4 bridgehead atoms. The molecular formula is C28H33N5O2. The van der Waals surface area contributed by atoms with Crippen molar-refractivity contribution in [1.29, 1.82) is 5.26 Å². The van der Waals surface area contributed by atoms with Crippen molar-refractivity contribution in [1.82, 2.24) is 19.8 Å². The molecule has 0 unspecified atom stereocenters. The second kappa shape index (κ2) is 8.91. The molecule has 7 nitrogen and oxygen atoms in total.